The Morgan fingerprint density at radius 3 is 2.94 bits per heavy atom. The normalized spacial score (nSPS) is 11.6. The first kappa shape index (κ1) is 13.7. The first-order valence-corrected chi connectivity index (χ1v) is 5.27. The molecule has 0 aliphatic heterocycles. The number of carbonyl (C=O) groups is 2. The van der Waals surface area contributed by atoms with Gasteiger partial charge in [0.1, 0.15) is 11.7 Å². The molecule has 0 saturated carbocycles. The van der Waals surface area contributed by atoms with Gasteiger partial charge in [-0.15, -0.1) is 12.3 Å². The van der Waals surface area contributed by atoms with Crippen molar-refractivity contribution in [1.29, 1.82) is 0 Å². The van der Waals surface area contributed by atoms with E-state index in [0.717, 1.165) is 0 Å². The third-order valence-corrected chi connectivity index (χ3v) is 2.18. The second kappa shape index (κ2) is 6.42. The minimum atomic E-state index is -1.18. The van der Waals surface area contributed by atoms with E-state index in [1.54, 1.807) is 4.57 Å². The zero-order valence-electron chi connectivity index (χ0n) is 9.67. The Bertz CT molecular complexity index is 475. The summed E-state index contributed by atoms with van der Waals surface area (Å²) in [5.41, 5.74) is 5.49. The molecule has 0 bridgehead atoms. The number of amides is 1. The molecule has 1 amide bonds. The molecule has 0 radical (unpaired) electrons. The second-order valence-electron chi connectivity index (χ2n) is 3.56. The number of rotatable bonds is 6. The molecule has 1 rings (SSSR count). The smallest absolute Gasteiger partial charge is 0.327 e. The SMILES string of the molecule is C#CCC(NC(=O)c1cn(CCN)cn1)C(=O)O. The molecule has 4 N–H and O–H groups in total. The van der Waals surface area contributed by atoms with Gasteiger partial charge < -0.3 is 20.7 Å². The zero-order chi connectivity index (χ0) is 13.5. The van der Waals surface area contributed by atoms with Crippen LogP contribution in [0.1, 0.15) is 16.9 Å². The average molecular weight is 250 g/mol. The molecule has 0 aliphatic carbocycles. The topological polar surface area (TPSA) is 110 Å². The van der Waals surface area contributed by atoms with Crippen molar-refractivity contribution in [2.24, 2.45) is 5.73 Å². The number of imidazole rings is 1. The van der Waals surface area contributed by atoms with Gasteiger partial charge in [0.25, 0.3) is 5.91 Å². The number of nitrogens with zero attached hydrogens (tertiary/aromatic N) is 2. The summed E-state index contributed by atoms with van der Waals surface area (Å²) < 4.78 is 1.64. The Morgan fingerprint density at radius 2 is 2.39 bits per heavy atom. The summed E-state index contributed by atoms with van der Waals surface area (Å²) in [7, 11) is 0. The summed E-state index contributed by atoms with van der Waals surface area (Å²) in [5.74, 6) is 0.440. The molecule has 7 nitrogen and oxygen atoms in total. The molecule has 0 saturated heterocycles. The highest BCUT2D eigenvalue weighted by Crippen LogP contribution is 1.99. The number of aromatic nitrogens is 2. The van der Waals surface area contributed by atoms with Crippen LogP contribution in [0, 0.1) is 12.3 Å². The van der Waals surface area contributed by atoms with Crippen molar-refractivity contribution in [2.75, 3.05) is 6.54 Å². The van der Waals surface area contributed by atoms with Crippen LogP contribution < -0.4 is 11.1 Å². The number of terminal acetylenes is 1. The van der Waals surface area contributed by atoms with E-state index in [4.69, 9.17) is 17.3 Å². The van der Waals surface area contributed by atoms with Gasteiger partial charge >= 0.3 is 5.97 Å². The lowest BCUT2D eigenvalue weighted by Crippen LogP contribution is -2.40. The van der Waals surface area contributed by atoms with Crippen LogP contribution in [0.2, 0.25) is 0 Å². The van der Waals surface area contributed by atoms with Crippen molar-refractivity contribution >= 4 is 11.9 Å². The monoisotopic (exact) mass is 250 g/mol. The van der Waals surface area contributed by atoms with E-state index in [9.17, 15) is 9.59 Å². The summed E-state index contributed by atoms with van der Waals surface area (Å²) >= 11 is 0. The Labute approximate surface area is 104 Å². The van der Waals surface area contributed by atoms with Crippen molar-refractivity contribution in [3.8, 4) is 12.3 Å². The summed E-state index contributed by atoms with van der Waals surface area (Å²) in [5, 5.41) is 11.1. The first-order chi connectivity index (χ1) is 8.58. The van der Waals surface area contributed by atoms with Crippen LogP contribution in [-0.2, 0) is 11.3 Å². The maximum atomic E-state index is 11.7. The first-order valence-electron chi connectivity index (χ1n) is 5.27. The van der Waals surface area contributed by atoms with Crippen LogP contribution in [0.3, 0.4) is 0 Å². The summed E-state index contributed by atoms with van der Waals surface area (Å²) in [4.78, 5) is 26.4. The Balaban J connectivity index is 2.68. The average Bonchev–Trinajstić information content (AvgIpc) is 2.77. The van der Waals surface area contributed by atoms with E-state index >= 15 is 0 Å². The van der Waals surface area contributed by atoms with Crippen molar-refractivity contribution in [3.05, 3.63) is 18.2 Å². The van der Waals surface area contributed by atoms with Gasteiger partial charge in [-0.1, -0.05) is 0 Å². The fourth-order valence-corrected chi connectivity index (χ4v) is 1.30. The number of carboxylic acid groups (broad SMARTS) is 1. The van der Waals surface area contributed by atoms with Crippen molar-refractivity contribution in [2.45, 2.75) is 19.0 Å². The summed E-state index contributed by atoms with van der Waals surface area (Å²) in [6, 6.07) is -1.11. The number of nitrogens with one attached hydrogen (secondary N) is 1. The molecule has 7 heteroatoms. The van der Waals surface area contributed by atoms with Gasteiger partial charge in [0, 0.05) is 25.7 Å². The van der Waals surface area contributed by atoms with Crippen LogP contribution in [0.15, 0.2) is 12.5 Å². The molecule has 96 valence electrons. The Hall–Kier alpha value is -2.33. The Morgan fingerprint density at radius 1 is 1.67 bits per heavy atom. The minimum absolute atomic E-state index is 0.0788. The van der Waals surface area contributed by atoms with E-state index in [2.05, 4.69) is 16.2 Å². The van der Waals surface area contributed by atoms with E-state index in [-0.39, 0.29) is 12.1 Å². The molecule has 1 aromatic heterocycles. The third kappa shape index (κ3) is 3.61. The number of hydrogen-bond donors (Lipinski definition) is 3. The molecule has 1 atom stereocenters. The highest BCUT2D eigenvalue weighted by molar-refractivity contribution is 5.94. The van der Waals surface area contributed by atoms with Crippen LogP contribution in [0.25, 0.3) is 0 Å². The minimum Gasteiger partial charge on any atom is -0.480 e. The molecule has 0 aliphatic rings. The fourth-order valence-electron chi connectivity index (χ4n) is 1.30. The van der Waals surface area contributed by atoms with Crippen molar-refractivity contribution in [1.82, 2.24) is 14.9 Å². The molecule has 0 spiro atoms. The number of nitrogens with two attached hydrogens (primary N) is 1. The predicted octanol–water partition coefficient (Wildman–Crippen LogP) is -0.952. The standard InChI is InChI=1S/C11H14N4O3/c1-2-3-8(11(17)18)14-10(16)9-6-15(5-4-12)7-13-9/h1,6-8H,3-5,12H2,(H,14,16)(H,17,18). The number of hydrogen-bond acceptors (Lipinski definition) is 4. The highest BCUT2D eigenvalue weighted by atomic mass is 16.4. The van der Waals surface area contributed by atoms with Gasteiger partial charge in [-0.25, -0.2) is 9.78 Å². The lowest BCUT2D eigenvalue weighted by Gasteiger charge is -2.10. The number of aliphatic carboxylic acids is 1. The van der Waals surface area contributed by atoms with Crippen molar-refractivity contribution < 1.29 is 14.7 Å². The number of carbonyl (C=O) groups excluding carboxylic acids is 1. The molecule has 0 fully saturated rings. The van der Waals surface area contributed by atoms with E-state index in [1.165, 1.54) is 12.5 Å². The van der Waals surface area contributed by atoms with Gasteiger partial charge in [-0.05, 0) is 0 Å². The quantitative estimate of drug-likeness (QED) is 0.564. The zero-order valence-corrected chi connectivity index (χ0v) is 9.67. The van der Waals surface area contributed by atoms with Gasteiger partial charge in [0.2, 0.25) is 0 Å². The second-order valence-corrected chi connectivity index (χ2v) is 3.56. The van der Waals surface area contributed by atoms with Crippen LogP contribution in [0.5, 0.6) is 0 Å². The fraction of sp³-hybridized carbons (Fsp3) is 0.364. The molecule has 1 unspecified atom stereocenters. The van der Waals surface area contributed by atoms with Gasteiger partial charge in [-0.3, -0.25) is 4.79 Å². The maximum Gasteiger partial charge on any atom is 0.327 e. The molecular formula is C11H14N4O3. The lowest BCUT2D eigenvalue weighted by molar-refractivity contribution is -0.139. The van der Waals surface area contributed by atoms with Crippen LogP contribution in [-0.4, -0.2) is 39.1 Å². The molecule has 0 aromatic carbocycles. The van der Waals surface area contributed by atoms with E-state index in [0.29, 0.717) is 13.1 Å². The number of carboxylic acids is 1. The van der Waals surface area contributed by atoms with Crippen LogP contribution in [0.4, 0.5) is 0 Å². The van der Waals surface area contributed by atoms with Crippen molar-refractivity contribution in [3.63, 3.8) is 0 Å². The van der Waals surface area contributed by atoms with Gasteiger partial charge in [0.15, 0.2) is 0 Å². The van der Waals surface area contributed by atoms with Gasteiger partial charge in [0.05, 0.1) is 6.33 Å². The predicted molar refractivity (Wildman–Crippen MR) is 63.6 cm³/mol. The molecule has 1 heterocycles. The molecular weight excluding hydrogens is 236 g/mol. The lowest BCUT2D eigenvalue weighted by atomic mass is 10.2. The molecule has 18 heavy (non-hydrogen) atoms. The summed E-state index contributed by atoms with van der Waals surface area (Å²) in [6.45, 7) is 0.958. The largest absolute Gasteiger partial charge is 0.480 e. The molecule has 1 aromatic rings. The third-order valence-electron chi connectivity index (χ3n) is 2.18. The highest BCUT2D eigenvalue weighted by Gasteiger charge is 2.20. The Kier molecular flexibility index (Phi) is 4.90. The maximum absolute atomic E-state index is 11.7. The van der Waals surface area contributed by atoms with E-state index in [1.807, 2.05) is 0 Å². The summed E-state index contributed by atoms with van der Waals surface area (Å²) in [6.07, 6.45) is 7.90. The van der Waals surface area contributed by atoms with E-state index < -0.39 is 17.9 Å². The van der Waals surface area contributed by atoms with Crippen LogP contribution >= 0.6 is 0 Å². The van der Waals surface area contributed by atoms with Gasteiger partial charge in [-0.2, -0.15) is 0 Å².